The van der Waals surface area contributed by atoms with Crippen LogP contribution in [0.15, 0.2) is 53.9 Å². The maximum Gasteiger partial charge on any atom is 0.233 e. The van der Waals surface area contributed by atoms with Gasteiger partial charge in [0.05, 0.1) is 0 Å². The van der Waals surface area contributed by atoms with E-state index in [2.05, 4.69) is 47.7 Å². The zero-order chi connectivity index (χ0) is 19.5. The number of hydrogen-bond acceptors (Lipinski definition) is 3. The van der Waals surface area contributed by atoms with Crippen LogP contribution >= 0.6 is 0 Å². The monoisotopic (exact) mass is 384 g/mol. The van der Waals surface area contributed by atoms with E-state index >= 15 is 0 Å². The lowest BCUT2D eigenvalue weighted by molar-refractivity contribution is 0.108. The summed E-state index contributed by atoms with van der Waals surface area (Å²) in [7, 11) is -3.48. The first kappa shape index (κ1) is 19.8. The van der Waals surface area contributed by atoms with Gasteiger partial charge in [0.2, 0.25) is 10.0 Å². The molecule has 0 spiro atoms. The van der Waals surface area contributed by atoms with Crippen LogP contribution in [0, 0.1) is 6.92 Å². The summed E-state index contributed by atoms with van der Waals surface area (Å²) in [4.78, 5) is 2.35. The van der Waals surface area contributed by atoms with Crippen molar-refractivity contribution in [2.75, 3.05) is 13.1 Å². The van der Waals surface area contributed by atoms with Crippen LogP contribution in [0.3, 0.4) is 0 Å². The van der Waals surface area contributed by atoms with E-state index in [9.17, 15) is 8.42 Å². The molecule has 0 amide bonds. The van der Waals surface area contributed by atoms with E-state index in [1.54, 1.807) is 6.08 Å². The van der Waals surface area contributed by atoms with E-state index in [-0.39, 0.29) is 5.54 Å². The highest BCUT2D eigenvalue weighted by Crippen LogP contribution is 2.25. The molecule has 144 valence electrons. The van der Waals surface area contributed by atoms with E-state index in [4.69, 9.17) is 0 Å². The maximum absolute atomic E-state index is 12.4. The van der Waals surface area contributed by atoms with Gasteiger partial charge in [-0.15, -0.1) is 0 Å². The van der Waals surface area contributed by atoms with Crippen molar-refractivity contribution in [3.8, 4) is 0 Å². The Morgan fingerprint density at radius 3 is 2.44 bits per heavy atom. The molecule has 0 aromatic heterocycles. The number of benzene rings is 2. The lowest BCUT2D eigenvalue weighted by Crippen LogP contribution is -2.52. The van der Waals surface area contributed by atoms with Gasteiger partial charge < -0.3 is 0 Å². The molecule has 1 heterocycles. The third kappa shape index (κ3) is 5.28. The van der Waals surface area contributed by atoms with Crippen LogP contribution in [0.4, 0.5) is 0 Å². The number of hydrogen-bond donors (Lipinski definition) is 1. The molecule has 2 aromatic rings. The van der Waals surface area contributed by atoms with Crippen LogP contribution in [-0.2, 0) is 23.0 Å². The fourth-order valence-corrected chi connectivity index (χ4v) is 4.28. The smallest absolute Gasteiger partial charge is 0.233 e. The van der Waals surface area contributed by atoms with E-state index in [0.29, 0.717) is 6.54 Å². The largest absolute Gasteiger partial charge is 0.292 e. The predicted octanol–water partition coefficient (Wildman–Crippen LogP) is 3.72. The topological polar surface area (TPSA) is 49.4 Å². The van der Waals surface area contributed by atoms with E-state index < -0.39 is 10.0 Å². The zero-order valence-electron chi connectivity index (χ0n) is 16.3. The minimum atomic E-state index is -3.48. The second-order valence-electron chi connectivity index (χ2n) is 7.83. The van der Waals surface area contributed by atoms with Gasteiger partial charge in [0.15, 0.2) is 0 Å². The van der Waals surface area contributed by atoms with Gasteiger partial charge in [-0.2, -0.15) is 0 Å². The molecule has 2 aromatic carbocycles. The molecular formula is C22H28N2O2S. The third-order valence-electron chi connectivity index (χ3n) is 5.21. The molecule has 0 bridgehead atoms. The lowest BCUT2D eigenvalue weighted by Gasteiger charge is -2.41. The molecule has 3 rings (SSSR count). The van der Waals surface area contributed by atoms with E-state index in [0.717, 1.165) is 30.6 Å². The highest BCUT2D eigenvalue weighted by molar-refractivity contribution is 7.92. The quantitative estimate of drug-likeness (QED) is 0.826. The van der Waals surface area contributed by atoms with Crippen LogP contribution in [0.1, 0.15) is 36.1 Å². The minimum absolute atomic E-state index is 0.266. The normalized spacial score (nSPS) is 15.8. The summed E-state index contributed by atoms with van der Waals surface area (Å²) < 4.78 is 27.5. The van der Waals surface area contributed by atoms with Crippen molar-refractivity contribution in [3.05, 3.63) is 76.2 Å². The van der Waals surface area contributed by atoms with Crippen molar-refractivity contribution in [3.63, 3.8) is 0 Å². The summed E-state index contributed by atoms with van der Waals surface area (Å²) in [5.74, 6) is 0. The first-order valence-electron chi connectivity index (χ1n) is 9.31. The third-order valence-corrected chi connectivity index (χ3v) is 6.25. The summed E-state index contributed by atoms with van der Waals surface area (Å²) in [5, 5.41) is 1.25. The Bertz CT molecular complexity index is 916. The zero-order valence-corrected chi connectivity index (χ0v) is 17.1. The molecule has 27 heavy (non-hydrogen) atoms. The summed E-state index contributed by atoms with van der Waals surface area (Å²) in [6.45, 7) is 8.35. The number of nitrogens with zero attached hydrogens (tertiary/aromatic N) is 1. The fourth-order valence-electron chi connectivity index (χ4n) is 3.30. The second kappa shape index (κ2) is 7.97. The first-order chi connectivity index (χ1) is 12.8. The number of aryl methyl sites for hydroxylation is 1. The lowest BCUT2D eigenvalue weighted by atomic mass is 9.94. The average molecular weight is 385 g/mol. The molecule has 0 radical (unpaired) electrons. The van der Waals surface area contributed by atoms with Gasteiger partial charge in [-0.05, 0) is 50.0 Å². The SMILES string of the molecule is Cc1ccc(/C=C/S(=O)(=O)NCC(C)(C)N2CCc3ccccc3C2)cc1. The highest BCUT2D eigenvalue weighted by atomic mass is 32.2. The molecule has 0 aliphatic carbocycles. The Hall–Kier alpha value is -1.95. The molecule has 5 heteroatoms. The van der Waals surface area contributed by atoms with Gasteiger partial charge in [0.1, 0.15) is 0 Å². The molecule has 0 atom stereocenters. The molecule has 1 aliphatic rings. The van der Waals surface area contributed by atoms with Gasteiger partial charge in [-0.1, -0.05) is 54.1 Å². The van der Waals surface area contributed by atoms with E-state index in [1.807, 2.05) is 31.2 Å². The standard InChI is InChI=1S/C22H28N2O2S/c1-18-8-10-19(11-9-18)13-15-27(25,26)23-17-22(2,3)24-14-12-20-6-4-5-7-21(20)16-24/h4-11,13,15,23H,12,14,16-17H2,1-3H3/b15-13+. The van der Waals surface area contributed by atoms with Crippen LogP contribution in [0.2, 0.25) is 0 Å². The Labute approximate surface area is 163 Å². The van der Waals surface area contributed by atoms with Crippen LogP contribution in [0.5, 0.6) is 0 Å². The summed E-state index contributed by atoms with van der Waals surface area (Å²) in [5.41, 5.74) is 4.49. The summed E-state index contributed by atoms with van der Waals surface area (Å²) >= 11 is 0. The molecule has 1 N–H and O–H groups in total. The van der Waals surface area contributed by atoms with Crippen molar-refractivity contribution in [2.24, 2.45) is 0 Å². The molecular weight excluding hydrogens is 356 g/mol. The fraction of sp³-hybridized carbons (Fsp3) is 0.364. The van der Waals surface area contributed by atoms with Crippen molar-refractivity contribution in [2.45, 2.75) is 39.3 Å². The Balaban J connectivity index is 1.61. The number of fused-ring (bicyclic) bond motifs is 1. The molecule has 0 unspecified atom stereocenters. The van der Waals surface area contributed by atoms with E-state index in [1.165, 1.54) is 16.5 Å². The second-order valence-corrected chi connectivity index (χ2v) is 9.48. The molecule has 4 nitrogen and oxygen atoms in total. The number of sulfonamides is 1. The van der Waals surface area contributed by atoms with Crippen molar-refractivity contribution < 1.29 is 8.42 Å². The Morgan fingerprint density at radius 1 is 1.07 bits per heavy atom. The minimum Gasteiger partial charge on any atom is -0.292 e. The van der Waals surface area contributed by atoms with Gasteiger partial charge in [-0.25, -0.2) is 13.1 Å². The first-order valence-corrected chi connectivity index (χ1v) is 10.9. The van der Waals surface area contributed by atoms with Crippen molar-refractivity contribution in [1.82, 2.24) is 9.62 Å². The summed E-state index contributed by atoms with van der Waals surface area (Å²) in [6, 6.07) is 16.2. The molecule has 1 aliphatic heterocycles. The van der Waals surface area contributed by atoms with Gasteiger partial charge in [0.25, 0.3) is 0 Å². The average Bonchev–Trinajstić information content (AvgIpc) is 2.66. The Kier molecular flexibility index (Phi) is 5.84. The molecule has 0 fully saturated rings. The van der Waals surface area contributed by atoms with Crippen molar-refractivity contribution in [1.29, 1.82) is 0 Å². The number of nitrogens with one attached hydrogen (secondary N) is 1. The van der Waals surface area contributed by atoms with Crippen LogP contribution in [0.25, 0.3) is 6.08 Å². The van der Waals surface area contributed by atoms with Crippen molar-refractivity contribution >= 4 is 16.1 Å². The van der Waals surface area contributed by atoms with Gasteiger partial charge in [0, 0.05) is 30.6 Å². The van der Waals surface area contributed by atoms with Crippen LogP contribution in [-0.4, -0.2) is 31.9 Å². The molecule has 0 saturated carbocycles. The number of rotatable bonds is 6. The van der Waals surface area contributed by atoms with Crippen LogP contribution < -0.4 is 4.72 Å². The molecule has 0 saturated heterocycles. The highest BCUT2D eigenvalue weighted by Gasteiger charge is 2.30. The summed E-state index contributed by atoms with van der Waals surface area (Å²) in [6.07, 6.45) is 2.63. The van der Waals surface area contributed by atoms with Gasteiger partial charge in [-0.3, -0.25) is 4.90 Å². The van der Waals surface area contributed by atoms with Gasteiger partial charge >= 0.3 is 0 Å². The maximum atomic E-state index is 12.4. The Morgan fingerprint density at radius 2 is 1.74 bits per heavy atom. The predicted molar refractivity (Wildman–Crippen MR) is 112 cm³/mol.